The molecule has 2 aromatic carbocycles. The summed E-state index contributed by atoms with van der Waals surface area (Å²) in [4.78, 5) is 37.9. The summed E-state index contributed by atoms with van der Waals surface area (Å²) in [5.41, 5.74) is 1.54. The largest absolute Gasteiger partial charge is 0.495 e. The Bertz CT molecular complexity index is 878. The van der Waals surface area contributed by atoms with E-state index in [-0.39, 0.29) is 17.7 Å². The molecule has 0 spiro atoms. The Morgan fingerprint density at radius 3 is 2.32 bits per heavy atom. The van der Waals surface area contributed by atoms with Crippen molar-refractivity contribution in [2.45, 2.75) is 25.7 Å². The molecule has 0 fully saturated rings. The van der Waals surface area contributed by atoms with Gasteiger partial charge in [-0.15, -0.1) is 0 Å². The summed E-state index contributed by atoms with van der Waals surface area (Å²) >= 11 is 6.04. The predicted molar refractivity (Wildman–Crippen MR) is 107 cm³/mol. The molecule has 0 aliphatic carbocycles. The van der Waals surface area contributed by atoms with Crippen LogP contribution in [0.4, 0.5) is 5.69 Å². The quantitative estimate of drug-likeness (QED) is 0.533. The number of rotatable bonds is 8. The number of hydrogen-bond donors (Lipinski definition) is 1. The highest BCUT2D eigenvalue weighted by molar-refractivity contribution is 6.32. The number of anilines is 1. The number of ether oxygens (including phenoxy) is 1. The van der Waals surface area contributed by atoms with Gasteiger partial charge in [-0.3, -0.25) is 19.3 Å². The Morgan fingerprint density at radius 1 is 1.04 bits per heavy atom. The van der Waals surface area contributed by atoms with E-state index in [4.69, 9.17) is 16.3 Å². The van der Waals surface area contributed by atoms with Crippen molar-refractivity contribution in [1.82, 2.24) is 4.90 Å². The van der Waals surface area contributed by atoms with Gasteiger partial charge in [-0.25, -0.2) is 0 Å². The molecule has 0 radical (unpaired) electrons. The zero-order valence-electron chi connectivity index (χ0n) is 15.5. The van der Waals surface area contributed by atoms with Crippen LogP contribution in [0.2, 0.25) is 5.02 Å². The number of carbonyl (C=O) groups excluding carboxylic acids is 3. The third kappa shape index (κ3) is 4.34. The lowest BCUT2D eigenvalue weighted by Gasteiger charge is -2.13. The van der Waals surface area contributed by atoms with Crippen molar-refractivity contribution in [3.63, 3.8) is 0 Å². The standard InChI is InChI=1S/C21H21ClN2O4/c1-28-18-11-10-14(13-17(18)22)23-19(25)9-3-2-6-12-24-20(26)15-7-4-5-8-16(15)21(24)27/h4-5,7-8,10-11,13H,2-3,6,9,12H2,1H3,(H,23,25). The van der Waals surface area contributed by atoms with Crippen molar-refractivity contribution >= 4 is 35.0 Å². The molecule has 1 N–H and O–H groups in total. The SMILES string of the molecule is COc1ccc(NC(=O)CCCCCN2C(=O)c3ccccc3C2=O)cc1Cl. The first kappa shape index (κ1) is 19.9. The van der Waals surface area contributed by atoms with Gasteiger partial charge in [0, 0.05) is 18.7 Å². The lowest BCUT2D eigenvalue weighted by molar-refractivity contribution is -0.116. The van der Waals surface area contributed by atoms with E-state index in [0.29, 0.717) is 53.4 Å². The van der Waals surface area contributed by atoms with Crippen LogP contribution in [0.15, 0.2) is 42.5 Å². The molecule has 146 valence electrons. The molecule has 3 rings (SSSR count). The first-order valence-electron chi connectivity index (χ1n) is 9.10. The van der Waals surface area contributed by atoms with Gasteiger partial charge in [0.2, 0.25) is 5.91 Å². The van der Waals surface area contributed by atoms with Crippen molar-refractivity contribution in [2.24, 2.45) is 0 Å². The monoisotopic (exact) mass is 400 g/mol. The number of halogens is 1. The summed E-state index contributed by atoms with van der Waals surface area (Å²) in [6, 6.07) is 11.9. The van der Waals surface area contributed by atoms with Gasteiger partial charge >= 0.3 is 0 Å². The molecule has 7 heteroatoms. The zero-order chi connectivity index (χ0) is 20.1. The molecule has 2 aromatic rings. The average molecular weight is 401 g/mol. The number of unbranched alkanes of at least 4 members (excludes halogenated alkanes) is 2. The highest BCUT2D eigenvalue weighted by Gasteiger charge is 2.34. The predicted octanol–water partition coefficient (Wildman–Crippen LogP) is 4.14. The van der Waals surface area contributed by atoms with Gasteiger partial charge in [0.05, 0.1) is 23.3 Å². The maximum Gasteiger partial charge on any atom is 0.261 e. The number of nitrogens with one attached hydrogen (secondary N) is 1. The number of amides is 3. The van der Waals surface area contributed by atoms with Crippen LogP contribution in [-0.4, -0.2) is 36.3 Å². The van der Waals surface area contributed by atoms with Gasteiger partial charge in [0.15, 0.2) is 0 Å². The number of methoxy groups -OCH3 is 1. The Morgan fingerprint density at radius 2 is 1.71 bits per heavy atom. The Balaban J connectivity index is 1.39. The minimum Gasteiger partial charge on any atom is -0.495 e. The van der Waals surface area contributed by atoms with Gasteiger partial charge in [-0.1, -0.05) is 30.2 Å². The van der Waals surface area contributed by atoms with Crippen molar-refractivity contribution in [2.75, 3.05) is 19.0 Å². The molecule has 1 heterocycles. The van der Waals surface area contributed by atoms with E-state index in [0.717, 1.165) is 6.42 Å². The molecule has 0 saturated heterocycles. The van der Waals surface area contributed by atoms with Crippen molar-refractivity contribution in [3.05, 3.63) is 58.6 Å². The molecular weight excluding hydrogens is 380 g/mol. The third-order valence-corrected chi connectivity index (χ3v) is 4.89. The summed E-state index contributed by atoms with van der Waals surface area (Å²) in [6.45, 7) is 0.363. The first-order valence-corrected chi connectivity index (χ1v) is 9.47. The van der Waals surface area contributed by atoms with Crippen LogP contribution < -0.4 is 10.1 Å². The van der Waals surface area contributed by atoms with Crippen LogP contribution in [0, 0.1) is 0 Å². The molecule has 1 aliphatic heterocycles. The van der Waals surface area contributed by atoms with Crippen LogP contribution in [0.1, 0.15) is 46.4 Å². The van der Waals surface area contributed by atoms with Crippen molar-refractivity contribution in [1.29, 1.82) is 0 Å². The second kappa shape index (κ2) is 8.89. The number of imide groups is 1. The summed E-state index contributed by atoms with van der Waals surface area (Å²) in [5.74, 6) is -0.0424. The number of carbonyl (C=O) groups is 3. The fourth-order valence-electron chi connectivity index (χ4n) is 3.14. The topological polar surface area (TPSA) is 75.7 Å². The molecule has 6 nitrogen and oxygen atoms in total. The normalized spacial score (nSPS) is 12.9. The number of nitrogens with zero attached hydrogens (tertiary/aromatic N) is 1. The van der Waals surface area contributed by atoms with E-state index in [9.17, 15) is 14.4 Å². The molecule has 0 bridgehead atoms. The van der Waals surface area contributed by atoms with E-state index in [2.05, 4.69) is 5.32 Å². The maximum atomic E-state index is 12.3. The fourth-order valence-corrected chi connectivity index (χ4v) is 3.40. The Labute approximate surface area is 168 Å². The van der Waals surface area contributed by atoms with Crippen molar-refractivity contribution < 1.29 is 19.1 Å². The molecule has 1 aliphatic rings. The van der Waals surface area contributed by atoms with E-state index in [1.54, 1.807) is 42.5 Å². The van der Waals surface area contributed by atoms with Crippen LogP contribution in [0.25, 0.3) is 0 Å². The van der Waals surface area contributed by atoms with Gasteiger partial charge in [-0.2, -0.15) is 0 Å². The van der Waals surface area contributed by atoms with Gasteiger partial charge in [-0.05, 0) is 43.2 Å². The van der Waals surface area contributed by atoms with Gasteiger partial charge in [0.25, 0.3) is 11.8 Å². The number of hydrogen-bond acceptors (Lipinski definition) is 4. The smallest absolute Gasteiger partial charge is 0.261 e. The molecule has 3 amide bonds. The molecule has 0 saturated carbocycles. The third-order valence-electron chi connectivity index (χ3n) is 4.60. The summed E-state index contributed by atoms with van der Waals surface area (Å²) in [6.07, 6.45) is 2.42. The van der Waals surface area contributed by atoms with Gasteiger partial charge < -0.3 is 10.1 Å². The fraction of sp³-hybridized carbons (Fsp3) is 0.286. The van der Waals surface area contributed by atoms with E-state index in [1.165, 1.54) is 12.0 Å². The second-order valence-electron chi connectivity index (χ2n) is 6.52. The minimum atomic E-state index is -0.241. The summed E-state index contributed by atoms with van der Waals surface area (Å²) in [5, 5.41) is 3.23. The minimum absolute atomic E-state index is 0.109. The summed E-state index contributed by atoms with van der Waals surface area (Å²) < 4.78 is 5.08. The average Bonchev–Trinajstić information content (AvgIpc) is 2.93. The highest BCUT2D eigenvalue weighted by Crippen LogP contribution is 2.27. The van der Waals surface area contributed by atoms with E-state index < -0.39 is 0 Å². The highest BCUT2D eigenvalue weighted by atomic mass is 35.5. The van der Waals surface area contributed by atoms with Crippen LogP contribution in [-0.2, 0) is 4.79 Å². The lowest BCUT2D eigenvalue weighted by Crippen LogP contribution is -2.30. The lowest BCUT2D eigenvalue weighted by atomic mass is 10.1. The van der Waals surface area contributed by atoms with E-state index >= 15 is 0 Å². The summed E-state index contributed by atoms with van der Waals surface area (Å²) in [7, 11) is 1.53. The van der Waals surface area contributed by atoms with Crippen molar-refractivity contribution in [3.8, 4) is 5.75 Å². The zero-order valence-corrected chi connectivity index (χ0v) is 16.3. The molecule has 0 unspecified atom stereocenters. The van der Waals surface area contributed by atoms with E-state index in [1.807, 2.05) is 0 Å². The molecular formula is C21H21ClN2O4. The second-order valence-corrected chi connectivity index (χ2v) is 6.92. The number of benzene rings is 2. The Kier molecular flexibility index (Phi) is 6.31. The first-order chi connectivity index (χ1) is 13.5. The molecule has 0 aromatic heterocycles. The Hall–Kier alpha value is -2.86. The molecule has 0 atom stereocenters. The van der Waals surface area contributed by atoms with Crippen LogP contribution >= 0.6 is 11.6 Å². The van der Waals surface area contributed by atoms with Crippen LogP contribution in [0.5, 0.6) is 5.75 Å². The maximum absolute atomic E-state index is 12.3. The number of fused-ring (bicyclic) bond motifs is 1. The van der Waals surface area contributed by atoms with Gasteiger partial charge in [0.1, 0.15) is 5.75 Å². The van der Waals surface area contributed by atoms with Crippen LogP contribution in [0.3, 0.4) is 0 Å². The molecule has 28 heavy (non-hydrogen) atoms.